The topological polar surface area (TPSA) is 125 Å². The summed E-state index contributed by atoms with van der Waals surface area (Å²) in [6, 6.07) is 3.36. The number of tetrazole rings is 1. The third-order valence-corrected chi connectivity index (χ3v) is 2.67. The van der Waals surface area contributed by atoms with E-state index in [0.717, 1.165) is 5.56 Å². The largest absolute Gasteiger partial charge is 0.505 e. The monoisotopic (exact) mass is 290 g/mol. The summed E-state index contributed by atoms with van der Waals surface area (Å²) in [5.74, 6) is -0.826. The zero-order chi connectivity index (χ0) is 15.4. The van der Waals surface area contributed by atoms with Crippen molar-refractivity contribution in [1.29, 1.82) is 0 Å². The molecule has 9 nitrogen and oxygen atoms in total. The molecule has 9 heteroatoms. The van der Waals surface area contributed by atoms with E-state index < -0.39 is 5.91 Å². The number of aromatic nitrogens is 4. The normalized spacial score (nSPS) is 11.3. The number of hydrogen-bond acceptors (Lipinski definition) is 7. The van der Waals surface area contributed by atoms with Gasteiger partial charge < -0.3 is 15.3 Å². The van der Waals surface area contributed by atoms with Crippen LogP contribution in [0.1, 0.15) is 28.7 Å². The summed E-state index contributed by atoms with van der Waals surface area (Å²) in [5, 5.41) is 29.1. The molecule has 0 fully saturated rings. The van der Waals surface area contributed by atoms with Crippen LogP contribution < -0.4 is 5.32 Å². The van der Waals surface area contributed by atoms with Gasteiger partial charge in [-0.05, 0) is 36.8 Å². The number of benzene rings is 1. The second-order valence-electron chi connectivity index (χ2n) is 4.26. The highest BCUT2D eigenvalue weighted by Gasteiger charge is 2.17. The maximum atomic E-state index is 11.9. The molecule has 0 bridgehead atoms. The summed E-state index contributed by atoms with van der Waals surface area (Å²) in [7, 11) is 1.41. The highest BCUT2D eigenvalue weighted by Crippen LogP contribution is 2.30. The van der Waals surface area contributed by atoms with Gasteiger partial charge in [-0.15, -0.1) is 10.2 Å². The Morgan fingerprint density at radius 3 is 2.86 bits per heavy atom. The molecule has 1 heterocycles. The molecule has 0 saturated carbocycles. The Hall–Kier alpha value is -2.97. The van der Waals surface area contributed by atoms with E-state index in [9.17, 15) is 9.90 Å². The molecule has 2 rings (SSSR count). The van der Waals surface area contributed by atoms with Gasteiger partial charge in [0.1, 0.15) is 12.9 Å². The van der Waals surface area contributed by atoms with E-state index in [1.807, 2.05) is 6.92 Å². The number of carbonyl (C=O) groups is 1. The van der Waals surface area contributed by atoms with Gasteiger partial charge in [0.15, 0.2) is 0 Å². The third-order valence-electron chi connectivity index (χ3n) is 2.67. The second kappa shape index (κ2) is 5.99. The summed E-state index contributed by atoms with van der Waals surface area (Å²) in [6.45, 7) is 3.51. The highest BCUT2D eigenvalue weighted by molar-refractivity contribution is 6.06. The lowest BCUT2D eigenvalue weighted by molar-refractivity contribution is 0.101. The number of anilines is 1. The molecule has 0 aliphatic rings. The van der Waals surface area contributed by atoms with Gasteiger partial charge in [0.25, 0.3) is 11.7 Å². The Morgan fingerprint density at radius 2 is 2.24 bits per heavy atom. The first-order valence-electron chi connectivity index (χ1n) is 5.99. The number of carbonyl (C=O) groups excluding carboxylic acids is 1. The molecule has 0 atom stereocenters. The molecule has 0 aliphatic carbocycles. The van der Waals surface area contributed by atoms with Crippen LogP contribution in [0.2, 0.25) is 0 Å². The molecule has 110 valence electrons. The maximum absolute atomic E-state index is 11.9. The number of H-pyrrole nitrogens is 1. The number of hydrogen-bond donors (Lipinski definition) is 3. The van der Waals surface area contributed by atoms with Crippen LogP contribution in [0.25, 0.3) is 0 Å². The zero-order valence-corrected chi connectivity index (χ0v) is 11.7. The van der Waals surface area contributed by atoms with Gasteiger partial charge in [-0.1, -0.05) is 5.16 Å². The molecule has 0 spiro atoms. The van der Waals surface area contributed by atoms with Crippen LogP contribution in [-0.2, 0) is 4.84 Å². The summed E-state index contributed by atoms with van der Waals surface area (Å²) in [6.07, 6.45) is 0. The van der Waals surface area contributed by atoms with Crippen LogP contribution >= 0.6 is 0 Å². The van der Waals surface area contributed by atoms with Crippen molar-refractivity contribution in [3.05, 3.63) is 29.1 Å². The summed E-state index contributed by atoms with van der Waals surface area (Å²) < 4.78 is 0. The van der Waals surface area contributed by atoms with Gasteiger partial charge >= 0.3 is 0 Å². The van der Waals surface area contributed by atoms with E-state index in [1.54, 1.807) is 19.1 Å². The maximum Gasteiger partial charge on any atom is 0.297 e. The minimum Gasteiger partial charge on any atom is -0.505 e. The van der Waals surface area contributed by atoms with E-state index >= 15 is 0 Å². The minimum atomic E-state index is -0.586. The number of amides is 1. The molecule has 2 aromatic rings. The molecule has 0 saturated heterocycles. The summed E-state index contributed by atoms with van der Waals surface area (Å²) >= 11 is 0. The first kappa shape index (κ1) is 14.4. The van der Waals surface area contributed by atoms with Crippen molar-refractivity contribution in [3.8, 4) is 5.75 Å². The van der Waals surface area contributed by atoms with E-state index in [0.29, 0.717) is 11.3 Å². The number of nitrogens with one attached hydrogen (secondary N) is 2. The molecular formula is C12H14N6O3. The van der Waals surface area contributed by atoms with Crippen molar-refractivity contribution in [2.24, 2.45) is 5.16 Å². The highest BCUT2D eigenvalue weighted by atomic mass is 16.6. The minimum absolute atomic E-state index is 0.115. The van der Waals surface area contributed by atoms with Crippen molar-refractivity contribution < 1.29 is 14.7 Å². The van der Waals surface area contributed by atoms with Crippen molar-refractivity contribution in [2.75, 3.05) is 12.4 Å². The number of phenolic OH excluding ortho intramolecular Hbond substituents is 1. The van der Waals surface area contributed by atoms with Crippen LogP contribution in [0.3, 0.4) is 0 Å². The van der Waals surface area contributed by atoms with Crippen molar-refractivity contribution in [2.45, 2.75) is 13.8 Å². The fraction of sp³-hybridized carbons (Fsp3) is 0.250. The quantitative estimate of drug-likeness (QED) is 0.435. The lowest BCUT2D eigenvalue weighted by atomic mass is 10.0. The number of aromatic amines is 1. The van der Waals surface area contributed by atoms with Crippen LogP contribution in [0, 0.1) is 6.92 Å². The zero-order valence-electron chi connectivity index (χ0n) is 11.7. The number of aromatic hydroxyl groups is 1. The van der Waals surface area contributed by atoms with Crippen LogP contribution in [0.4, 0.5) is 5.69 Å². The standard InChI is InChI=1S/C12H14N6O3/c1-6-4-8(7(2)16-21-3)10(19)9(5-6)13-12(20)11-14-17-18-15-11/h4-5,19H,1-3H3,(H,13,20)(H,14,15,17,18)/b16-7+. The van der Waals surface area contributed by atoms with Crippen molar-refractivity contribution in [3.63, 3.8) is 0 Å². The molecule has 1 aromatic carbocycles. The van der Waals surface area contributed by atoms with Gasteiger partial charge in [-0.3, -0.25) is 4.79 Å². The lowest BCUT2D eigenvalue weighted by Crippen LogP contribution is -2.14. The Bertz CT molecular complexity index is 681. The fourth-order valence-corrected chi connectivity index (χ4v) is 1.77. The Balaban J connectivity index is 2.36. The summed E-state index contributed by atoms with van der Waals surface area (Å²) in [4.78, 5) is 16.6. The Kier molecular flexibility index (Phi) is 4.12. The van der Waals surface area contributed by atoms with Crippen LogP contribution in [-0.4, -0.2) is 44.5 Å². The SMILES string of the molecule is CO/N=C(\C)c1cc(C)cc(NC(=O)c2nn[nH]n2)c1O. The van der Waals surface area contributed by atoms with Gasteiger partial charge in [0, 0.05) is 5.56 Å². The molecular weight excluding hydrogens is 276 g/mol. The molecule has 21 heavy (non-hydrogen) atoms. The second-order valence-corrected chi connectivity index (χ2v) is 4.26. The van der Waals surface area contributed by atoms with E-state index in [-0.39, 0.29) is 17.3 Å². The van der Waals surface area contributed by atoms with Gasteiger partial charge in [0.2, 0.25) is 0 Å². The van der Waals surface area contributed by atoms with Crippen LogP contribution in [0.15, 0.2) is 17.3 Å². The van der Waals surface area contributed by atoms with E-state index in [4.69, 9.17) is 0 Å². The smallest absolute Gasteiger partial charge is 0.297 e. The van der Waals surface area contributed by atoms with Gasteiger partial charge in [0.05, 0.1) is 11.4 Å². The fourth-order valence-electron chi connectivity index (χ4n) is 1.77. The Labute approximate surface area is 120 Å². The molecule has 0 unspecified atom stereocenters. The molecule has 0 aliphatic heterocycles. The first-order valence-corrected chi connectivity index (χ1v) is 5.99. The van der Waals surface area contributed by atoms with Crippen LogP contribution in [0.5, 0.6) is 5.75 Å². The number of phenols is 1. The van der Waals surface area contributed by atoms with Gasteiger partial charge in [-0.25, -0.2) is 0 Å². The number of rotatable bonds is 4. The molecule has 1 amide bonds. The lowest BCUT2D eigenvalue weighted by Gasteiger charge is -2.11. The van der Waals surface area contributed by atoms with Crippen molar-refractivity contribution >= 4 is 17.3 Å². The Morgan fingerprint density at radius 1 is 1.48 bits per heavy atom. The number of aryl methyl sites for hydroxylation is 1. The average molecular weight is 290 g/mol. The summed E-state index contributed by atoms with van der Waals surface area (Å²) in [5.41, 5.74) is 2.00. The van der Waals surface area contributed by atoms with E-state index in [2.05, 4.69) is 35.9 Å². The van der Waals surface area contributed by atoms with Gasteiger partial charge in [-0.2, -0.15) is 5.21 Å². The van der Waals surface area contributed by atoms with E-state index in [1.165, 1.54) is 7.11 Å². The molecule has 0 radical (unpaired) electrons. The predicted molar refractivity (Wildman–Crippen MR) is 74.2 cm³/mol. The molecule has 3 N–H and O–H groups in total. The average Bonchev–Trinajstić information content (AvgIpc) is 2.96. The predicted octanol–water partition coefficient (Wildman–Crippen LogP) is 0.836. The molecule has 1 aromatic heterocycles. The number of oxime groups is 1. The first-order chi connectivity index (χ1) is 10.0. The number of nitrogens with zero attached hydrogens (tertiary/aromatic N) is 4. The third kappa shape index (κ3) is 3.14. The van der Waals surface area contributed by atoms with Crippen molar-refractivity contribution in [1.82, 2.24) is 20.6 Å².